The van der Waals surface area contributed by atoms with Crippen LogP contribution in [0.3, 0.4) is 0 Å². The summed E-state index contributed by atoms with van der Waals surface area (Å²) in [5, 5.41) is 3.30. The van der Waals surface area contributed by atoms with E-state index < -0.39 is 11.2 Å². The third kappa shape index (κ3) is 2.43. The molecule has 1 unspecified atom stereocenters. The summed E-state index contributed by atoms with van der Waals surface area (Å²) in [4.78, 5) is 16.2. The Balaban J connectivity index is 2.24. The SMILES string of the molecule is CC(C)(C(=O)c1ccncc1F)C1CCCNC1. The Kier molecular flexibility index (Phi) is 3.76. The summed E-state index contributed by atoms with van der Waals surface area (Å²) >= 11 is 0. The Hall–Kier alpha value is -1.29. The van der Waals surface area contributed by atoms with Crippen LogP contribution in [0, 0.1) is 17.2 Å². The Bertz CT molecular complexity index is 439. The van der Waals surface area contributed by atoms with Crippen LogP contribution in [-0.4, -0.2) is 23.9 Å². The van der Waals surface area contributed by atoms with Gasteiger partial charge in [0, 0.05) is 11.6 Å². The fourth-order valence-electron chi connectivity index (χ4n) is 2.56. The lowest BCUT2D eigenvalue weighted by Gasteiger charge is -2.36. The maximum atomic E-state index is 13.6. The van der Waals surface area contributed by atoms with Gasteiger partial charge in [-0.2, -0.15) is 0 Å². The van der Waals surface area contributed by atoms with E-state index in [1.54, 1.807) is 0 Å². The largest absolute Gasteiger partial charge is 0.316 e. The van der Waals surface area contributed by atoms with Gasteiger partial charge >= 0.3 is 0 Å². The van der Waals surface area contributed by atoms with Crippen molar-refractivity contribution >= 4 is 5.78 Å². The average molecular weight is 250 g/mol. The van der Waals surface area contributed by atoms with Crippen molar-refractivity contribution in [2.45, 2.75) is 26.7 Å². The maximum Gasteiger partial charge on any atom is 0.171 e. The first kappa shape index (κ1) is 13.1. The van der Waals surface area contributed by atoms with Gasteiger partial charge in [-0.15, -0.1) is 0 Å². The molecule has 18 heavy (non-hydrogen) atoms. The van der Waals surface area contributed by atoms with Crippen LogP contribution in [0.5, 0.6) is 0 Å². The molecular formula is C14H19FN2O. The van der Waals surface area contributed by atoms with Gasteiger partial charge in [0.05, 0.1) is 11.8 Å². The van der Waals surface area contributed by atoms with E-state index in [9.17, 15) is 9.18 Å². The van der Waals surface area contributed by atoms with Crippen molar-refractivity contribution in [3.8, 4) is 0 Å². The molecule has 0 aliphatic carbocycles. The van der Waals surface area contributed by atoms with E-state index in [-0.39, 0.29) is 17.3 Å². The molecule has 1 N–H and O–H groups in total. The van der Waals surface area contributed by atoms with Crippen LogP contribution >= 0.6 is 0 Å². The normalized spacial score (nSPS) is 20.7. The summed E-state index contributed by atoms with van der Waals surface area (Å²) in [7, 11) is 0. The highest BCUT2D eigenvalue weighted by Crippen LogP contribution is 2.35. The fourth-order valence-corrected chi connectivity index (χ4v) is 2.56. The van der Waals surface area contributed by atoms with Gasteiger partial charge in [0.2, 0.25) is 0 Å². The molecule has 98 valence electrons. The number of halogens is 1. The monoisotopic (exact) mass is 250 g/mol. The first-order valence-corrected chi connectivity index (χ1v) is 6.38. The molecule has 2 heterocycles. The maximum absolute atomic E-state index is 13.6. The molecular weight excluding hydrogens is 231 g/mol. The minimum Gasteiger partial charge on any atom is -0.316 e. The number of rotatable bonds is 3. The van der Waals surface area contributed by atoms with Crippen molar-refractivity contribution in [2.24, 2.45) is 11.3 Å². The van der Waals surface area contributed by atoms with E-state index in [0.29, 0.717) is 0 Å². The van der Waals surface area contributed by atoms with E-state index in [0.717, 1.165) is 32.1 Å². The molecule has 2 rings (SSSR count). The van der Waals surface area contributed by atoms with Crippen molar-refractivity contribution in [1.82, 2.24) is 10.3 Å². The van der Waals surface area contributed by atoms with E-state index >= 15 is 0 Å². The number of carbonyl (C=O) groups is 1. The number of hydrogen-bond donors (Lipinski definition) is 1. The number of nitrogens with one attached hydrogen (secondary N) is 1. The van der Waals surface area contributed by atoms with Crippen LogP contribution in [0.15, 0.2) is 18.5 Å². The third-order valence-electron chi connectivity index (χ3n) is 3.92. The van der Waals surface area contributed by atoms with Crippen molar-refractivity contribution in [1.29, 1.82) is 0 Å². The predicted molar refractivity (Wildman–Crippen MR) is 67.9 cm³/mol. The lowest BCUT2D eigenvalue weighted by atomic mass is 9.70. The van der Waals surface area contributed by atoms with Crippen LogP contribution < -0.4 is 5.32 Å². The number of Topliss-reactive ketones (excluding diaryl/α,β-unsaturated/α-hetero) is 1. The highest BCUT2D eigenvalue weighted by Gasteiger charge is 2.38. The summed E-state index contributed by atoms with van der Waals surface area (Å²) < 4.78 is 13.6. The van der Waals surface area contributed by atoms with Crippen molar-refractivity contribution < 1.29 is 9.18 Å². The minimum atomic E-state index is -0.546. The highest BCUT2D eigenvalue weighted by molar-refractivity contribution is 6.00. The zero-order valence-electron chi connectivity index (χ0n) is 10.9. The lowest BCUT2D eigenvalue weighted by Crippen LogP contribution is -2.42. The summed E-state index contributed by atoms with van der Waals surface area (Å²) in [5.41, 5.74) is -0.393. The van der Waals surface area contributed by atoms with E-state index in [2.05, 4.69) is 10.3 Å². The molecule has 0 radical (unpaired) electrons. The topological polar surface area (TPSA) is 42.0 Å². The molecule has 0 aromatic carbocycles. The molecule has 1 aromatic heterocycles. The number of hydrogen-bond acceptors (Lipinski definition) is 3. The van der Waals surface area contributed by atoms with E-state index in [1.807, 2.05) is 13.8 Å². The second-order valence-corrected chi connectivity index (χ2v) is 5.45. The number of aromatic nitrogens is 1. The Morgan fingerprint density at radius 1 is 1.56 bits per heavy atom. The lowest BCUT2D eigenvalue weighted by molar-refractivity contribution is 0.0703. The van der Waals surface area contributed by atoms with Crippen LogP contribution in [0.1, 0.15) is 37.0 Å². The van der Waals surface area contributed by atoms with Crippen LogP contribution in [0.2, 0.25) is 0 Å². The van der Waals surface area contributed by atoms with Gasteiger partial charge in [0.25, 0.3) is 0 Å². The van der Waals surface area contributed by atoms with Crippen LogP contribution in [-0.2, 0) is 0 Å². The van der Waals surface area contributed by atoms with Gasteiger partial charge in [-0.1, -0.05) is 13.8 Å². The van der Waals surface area contributed by atoms with Crippen molar-refractivity contribution in [3.05, 3.63) is 29.8 Å². The highest BCUT2D eigenvalue weighted by atomic mass is 19.1. The zero-order valence-corrected chi connectivity index (χ0v) is 10.9. The van der Waals surface area contributed by atoms with Crippen LogP contribution in [0.25, 0.3) is 0 Å². The smallest absolute Gasteiger partial charge is 0.171 e. The zero-order chi connectivity index (χ0) is 13.2. The molecule has 1 aromatic rings. The quantitative estimate of drug-likeness (QED) is 0.838. The van der Waals surface area contributed by atoms with Crippen molar-refractivity contribution in [3.63, 3.8) is 0 Å². The number of nitrogens with zero attached hydrogens (tertiary/aromatic N) is 1. The van der Waals surface area contributed by atoms with Gasteiger partial charge < -0.3 is 5.32 Å². The summed E-state index contributed by atoms with van der Waals surface area (Å²) in [5.74, 6) is -0.401. The van der Waals surface area contributed by atoms with Gasteiger partial charge in [-0.05, 0) is 37.9 Å². The molecule has 0 bridgehead atoms. The number of carbonyl (C=O) groups excluding carboxylic acids is 1. The second kappa shape index (κ2) is 5.14. The number of piperidine rings is 1. The fraction of sp³-hybridized carbons (Fsp3) is 0.571. The number of ketones is 1. The first-order chi connectivity index (χ1) is 8.53. The van der Waals surface area contributed by atoms with Crippen molar-refractivity contribution in [2.75, 3.05) is 13.1 Å². The standard InChI is InChI=1S/C14H19FN2O/c1-14(2,10-4-3-6-16-8-10)13(18)11-5-7-17-9-12(11)15/h5,7,9-10,16H,3-4,6,8H2,1-2H3. The molecule has 0 spiro atoms. The van der Waals surface area contributed by atoms with E-state index in [1.165, 1.54) is 12.3 Å². The first-order valence-electron chi connectivity index (χ1n) is 6.38. The average Bonchev–Trinajstić information content (AvgIpc) is 2.39. The second-order valence-electron chi connectivity index (χ2n) is 5.45. The molecule has 3 nitrogen and oxygen atoms in total. The van der Waals surface area contributed by atoms with Gasteiger partial charge in [0.15, 0.2) is 11.6 Å². The molecule has 0 saturated carbocycles. The van der Waals surface area contributed by atoms with Gasteiger partial charge in [-0.25, -0.2) is 4.39 Å². The summed E-state index contributed by atoms with van der Waals surface area (Å²) in [6.07, 6.45) is 4.65. The number of pyridine rings is 1. The minimum absolute atomic E-state index is 0.129. The molecule has 0 amide bonds. The van der Waals surface area contributed by atoms with E-state index in [4.69, 9.17) is 0 Å². The molecule has 1 atom stereocenters. The molecule has 4 heteroatoms. The molecule has 1 fully saturated rings. The Morgan fingerprint density at radius 2 is 2.33 bits per heavy atom. The van der Waals surface area contributed by atoms with Gasteiger partial charge in [-0.3, -0.25) is 9.78 Å². The molecule has 1 aliphatic rings. The summed E-state index contributed by atoms with van der Waals surface area (Å²) in [6.45, 7) is 5.65. The molecule has 1 aliphatic heterocycles. The Labute approximate surface area is 107 Å². The van der Waals surface area contributed by atoms with Crippen LogP contribution in [0.4, 0.5) is 4.39 Å². The van der Waals surface area contributed by atoms with Gasteiger partial charge in [0.1, 0.15) is 0 Å². The predicted octanol–water partition coefficient (Wildman–Crippen LogP) is 2.43. The third-order valence-corrected chi connectivity index (χ3v) is 3.92. The molecule has 1 saturated heterocycles. The Morgan fingerprint density at radius 3 is 2.94 bits per heavy atom. The summed E-state index contributed by atoms with van der Waals surface area (Å²) in [6, 6.07) is 1.47.